The van der Waals surface area contributed by atoms with Crippen LogP contribution in [0.2, 0.25) is 0 Å². The van der Waals surface area contributed by atoms with Crippen molar-refractivity contribution in [1.82, 2.24) is 10.3 Å². The molecule has 7 atom stereocenters. The van der Waals surface area contributed by atoms with Crippen molar-refractivity contribution in [3.8, 4) is 11.1 Å². The lowest BCUT2D eigenvalue weighted by atomic mass is 9.57. The molecule has 2 aliphatic carbocycles. The van der Waals surface area contributed by atoms with Crippen molar-refractivity contribution in [2.24, 2.45) is 29.6 Å². The second-order valence-electron chi connectivity index (χ2n) is 10.3. The van der Waals surface area contributed by atoms with Crippen LogP contribution in [0.5, 0.6) is 0 Å². The zero-order chi connectivity index (χ0) is 25.2. The van der Waals surface area contributed by atoms with E-state index in [-0.39, 0.29) is 47.8 Å². The third-order valence-corrected chi connectivity index (χ3v) is 8.18. The lowest BCUT2D eigenvalue weighted by Gasteiger charge is -2.47. The maximum Gasteiger partial charge on any atom is 0.407 e. The van der Waals surface area contributed by atoms with Crippen LogP contribution in [0.15, 0.2) is 48.7 Å². The van der Waals surface area contributed by atoms with E-state index < -0.39 is 0 Å². The largest absolute Gasteiger partial charge is 0.462 e. The molecule has 5 rings (SSSR count). The average molecular weight is 493 g/mol. The minimum absolute atomic E-state index is 0.0679. The lowest BCUT2D eigenvalue weighted by molar-refractivity contribution is -0.144. The molecule has 2 saturated carbocycles. The summed E-state index contributed by atoms with van der Waals surface area (Å²) in [6, 6.07) is 10.4. The highest BCUT2D eigenvalue weighted by atomic mass is 19.1. The second-order valence-corrected chi connectivity index (χ2v) is 10.3. The molecule has 190 valence electrons. The van der Waals surface area contributed by atoms with Crippen LogP contribution < -0.4 is 5.32 Å². The maximum atomic E-state index is 13.6. The van der Waals surface area contributed by atoms with Crippen LogP contribution in [-0.2, 0) is 14.3 Å². The van der Waals surface area contributed by atoms with Crippen molar-refractivity contribution in [3.63, 3.8) is 0 Å². The summed E-state index contributed by atoms with van der Waals surface area (Å²) in [4.78, 5) is 29.2. The molecule has 1 aliphatic heterocycles. The number of fused-ring (bicyclic) bond motifs is 2. The summed E-state index contributed by atoms with van der Waals surface area (Å²) in [5.41, 5.74) is 2.48. The highest BCUT2D eigenvalue weighted by Gasteiger charge is 2.54. The summed E-state index contributed by atoms with van der Waals surface area (Å²) >= 11 is 0. The van der Waals surface area contributed by atoms with Gasteiger partial charge in [0.15, 0.2) is 0 Å². The smallest absolute Gasteiger partial charge is 0.407 e. The van der Waals surface area contributed by atoms with E-state index >= 15 is 0 Å². The van der Waals surface area contributed by atoms with E-state index in [1.54, 1.807) is 19.2 Å². The molecule has 1 aromatic carbocycles. The van der Waals surface area contributed by atoms with Crippen LogP contribution in [0.4, 0.5) is 9.18 Å². The standard InChI is InChI=1S/C29H33FN2O4/c1-3-35-29(34)32-23-10-11-24-20(14-23)15-26-27(17(2)36-28(26)33)25(24)12-9-22-8-7-19(16-31-22)18-5-4-6-21(30)13-18/h4-9,12-13,16-17,20,23-27H,3,10-11,14-15H2,1-2H3,(H,32,34)/b12-9+/t17-,20?,23-,24?,25+,26?,27?/m1/s1. The quantitative estimate of drug-likeness (QED) is 0.548. The van der Waals surface area contributed by atoms with E-state index in [9.17, 15) is 14.0 Å². The number of esters is 1. The first-order valence-electron chi connectivity index (χ1n) is 13.0. The van der Waals surface area contributed by atoms with Crippen molar-refractivity contribution in [1.29, 1.82) is 0 Å². The van der Waals surface area contributed by atoms with Crippen LogP contribution in [0, 0.1) is 35.4 Å². The fourth-order valence-electron chi connectivity index (χ4n) is 6.64. The molecule has 0 bridgehead atoms. The molecule has 2 aromatic rings. The molecule has 1 amide bonds. The normalized spacial score (nSPS) is 31.4. The summed E-state index contributed by atoms with van der Waals surface area (Å²) in [7, 11) is 0. The molecule has 1 N–H and O–H groups in total. The fraction of sp³-hybridized carbons (Fsp3) is 0.483. The van der Waals surface area contributed by atoms with Crippen LogP contribution in [0.25, 0.3) is 17.2 Å². The molecule has 36 heavy (non-hydrogen) atoms. The summed E-state index contributed by atoms with van der Waals surface area (Å²) < 4.78 is 24.3. The monoisotopic (exact) mass is 492 g/mol. The number of halogens is 1. The zero-order valence-corrected chi connectivity index (χ0v) is 20.7. The highest BCUT2D eigenvalue weighted by molar-refractivity contribution is 5.75. The van der Waals surface area contributed by atoms with Crippen molar-refractivity contribution in [2.45, 2.75) is 51.7 Å². The van der Waals surface area contributed by atoms with E-state index in [0.29, 0.717) is 18.4 Å². The van der Waals surface area contributed by atoms with Gasteiger partial charge in [0, 0.05) is 23.7 Å². The van der Waals surface area contributed by atoms with Gasteiger partial charge in [-0.25, -0.2) is 9.18 Å². The Balaban J connectivity index is 1.34. The van der Waals surface area contributed by atoms with Gasteiger partial charge in [0.1, 0.15) is 11.9 Å². The number of ether oxygens (including phenoxy) is 2. The number of hydrogen-bond acceptors (Lipinski definition) is 5. The Hall–Kier alpha value is -3.22. The zero-order valence-electron chi connectivity index (χ0n) is 20.7. The number of cyclic esters (lactones) is 1. The predicted octanol–water partition coefficient (Wildman–Crippen LogP) is 5.63. The Bertz CT molecular complexity index is 1130. The number of alkyl carbamates (subject to hydrolysis) is 1. The first-order valence-corrected chi connectivity index (χ1v) is 13.0. The molecule has 2 heterocycles. The number of pyridine rings is 1. The van der Waals surface area contributed by atoms with Crippen molar-refractivity contribution < 1.29 is 23.5 Å². The van der Waals surface area contributed by atoms with Crippen molar-refractivity contribution in [3.05, 3.63) is 60.2 Å². The molecule has 1 saturated heterocycles. The average Bonchev–Trinajstić information content (AvgIpc) is 3.15. The molecular formula is C29H33FN2O4. The SMILES string of the molecule is CCOC(=O)N[C@@H]1CCC2C(CC3C(=O)O[C@H](C)C3[C@H]2/C=C/c2ccc(-c3cccc(F)c3)cn2)C1. The van der Waals surface area contributed by atoms with Gasteiger partial charge in [0.05, 0.1) is 18.2 Å². The van der Waals surface area contributed by atoms with E-state index in [0.717, 1.165) is 42.5 Å². The van der Waals surface area contributed by atoms with E-state index in [4.69, 9.17) is 9.47 Å². The molecule has 6 nitrogen and oxygen atoms in total. The Morgan fingerprint density at radius 1 is 1.22 bits per heavy atom. The Labute approximate surface area is 211 Å². The van der Waals surface area contributed by atoms with Crippen molar-refractivity contribution >= 4 is 18.1 Å². The number of carbonyl (C=O) groups excluding carboxylic acids is 2. The van der Waals surface area contributed by atoms with Gasteiger partial charge < -0.3 is 14.8 Å². The first-order chi connectivity index (χ1) is 17.4. The van der Waals surface area contributed by atoms with Crippen molar-refractivity contribution in [2.75, 3.05) is 6.61 Å². The third kappa shape index (κ3) is 5.01. The molecule has 3 aliphatic rings. The first kappa shape index (κ1) is 24.5. The number of allylic oxidation sites excluding steroid dienone is 1. The minimum Gasteiger partial charge on any atom is -0.462 e. The van der Waals surface area contributed by atoms with Crippen LogP contribution in [0.3, 0.4) is 0 Å². The molecule has 4 unspecified atom stereocenters. The molecule has 0 spiro atoms. The summed E-state index contributed by atoms with van der Waals surface area (Å²) in [5.74, 6) is 0.629. The summed E-state index contributed by atoms with van der Waals surface area (Å²) in [5, 5.41) is 3.00. The Morgan fingerprint density at radius 3 is 2.83 bits per heavy atom. The van der Waals surface area contributed by atoms with Gasteiger partial charge in [0.25, 0.3) is 0 Å². The van der Waals surface area contributed by atoms with Crippen LogP contribution in [-0.4, -0.2) is 35.8 Å². The summed E-state index contributed by atoms with van der Waals surface area (Å²) in [6.07, 6.45) is 9.07. The highest BCUT2D eigenvalue weighted by Crippen LogP contribution is 2.53. The van der Waals surface area contributed by atoms with Gasteiger partial charge in [-0.15, -0.1) is 0 Å². The number of hydrogen-bond donors (Lipinski definition) is 1. The minimum atomic E-state index is -0.368. The van der Waals surface area contributed by atoms with Gasteiger partial charge >= 0.3 is 12.1 Å². The topological polar surface area (TPSA) is 77.5 Å². The fourth-order valence-corrected chi connectivity index (χ4v) is 6.64. The third-order valence-electron chi connectivity index (χ3n) is 8.18. The predicted molar refractivity (Wildman–Crippen MR) is 134 cm³/mol. The molecule has 7 heteroatoms. The van der Waals surface area contributed by atoms with Gasteiger partial charge in [-0.2, -0.15) is 0 Å². The van der Waals surface area contributed by atoms with E-state index in [2.05, 4.69) is 16.4 Å². The number of aromatic nitrogens is 1. The molecule has 0 radical (unpaired) electrons. The Kier molecular flexibility index (Phi) is 7.08. The van der Waals surface area contributed by atoms with Gasteiger partial charge in [-0.1, -0.05) is 24.3 Å². The number of nitrogens with zero attached hydrogens (tertiary/aromatic N) is 1. The van der Waals surface area contributed by atoms with Crippen LogP contribution >= 0.6 is 0 Å². The van der Waals surface area contributed by atoms with E-state index in [1.165, 1.54) is 12.1 Å². The number of benzene rings is 1. The molecular weight excluding hydrogens is 459 g/mol. The Morgan fingerprint density at radius 2 is 2.08 bits per heavy atom. The maximum absolute atomic E-state index is 13.6. The van der Waals surface area contributed by atoms with Gasteiger partial charge in [0.2, 0.25) is 0 Å². The molecule has 3 fully saturated rings. The summed E-state index contributed by atoms with van der Waals surface area (Å²) in [6.45, 7) is 4.15. The lowest BCUT2D eigenvalue weighted by Crippen LogP contribution is -2.48. The number of carbonyl (C=O) groups is 2. The van der Waals surface area contributed by atoms with Gasteiger partial charge in [-0.05, 0) is 87.1 Å². The van der Waals surface area contributed by atoms with Crippen LogP contribution in [0.1, 0.15) is 45.2 Å². The second kappa shape index (κ2) is 10.4. The van der Waals surface area contributed by atoms with Gasteiger partial charge in [-0.3, -0.25) is 9.78 Å². The van der Waals surface area contributed by atoms with E-state index in [1.807, 2.05) is 31.2 Å². The number of rotatable bonds is 5. The number of amides is 1. The molecule has 1 aromatic heterocycles. The number of nitrogens with one attached hydrogen (secondary N) is 1.